The third-order valence-electron chi connectivity index (χ3n) is 3.33. The van der Waals surface area contributed by atoms with Crippen LogP contribution in [0.3, 0.4) is 0 Å². The Morgan fingerprint density at radius 1 is 1.58 bits per heavy atom. The lowest BCUT2D eigenvalue weighted by Gasteiger charge is -2.07. The predicted octanol–water partition coefficient (Wildman–Crippen LogP) is 0.848. The molecule has 2 heterocycles. The quantitative estimate of drug-likeness (QED) is 0.852. The smallest absolute Gasteiger partial charge is 0.223 e. The van der Waals surface area contributed by atoms with E-state index in [1.165, 1.54) is 0 Å². The van der Waals surface area contributed by atoms with Crippen molar-refractivity contribution in [1.29, 1.82) is 0 Å². The summed E-state index contributed by atoms with van der Waals surface area (Å²) in [5.41, 5.74) is 8.51. The predicted molar refractivity (Wildman–Crippen MR) is 72.4 cm³/mol. The third kappa shape index (κ3) is 2.38. The fourth-order valence-corrected chi connectivity index (χ4v) is 2.13. The molecule has 0 aliphatic heterocycles. The van der Waals surface area contributed by atoms with Crippen molar-refractivity contribution in [3.63, 3.8) is 0 Å². The molecule has 19 heavy (non-hydrogen) atoms. The molecule has 0 saturated heterocycles. The first-order valence-electron chi connectivity index (χ1n) is 6.51. The second-order valence-corrected chi connectivity index (χ2v) is 5.04. The van der Waals surface area contributed by atoms with Gasteiger partial charge in [-0.15, -0.1) is 0 Å². The first-order valence-corrected chi connectivity index (χ1v) is 6.51. The Morgan fingerprint density at radius 2 is 2.37 bits per heavy atom. The maximum atomic E-state index is 11.5. The Morgan fingerprint density at radius 3 is 3.11 bits per heavy atom. The van der Waals surface area contributed by atoms with Gasteiger partial charge in [0.2, 0.25) is 11.9 Å². The lowest BCUT2D eigenvalue weighted by molar-refractivity contribution is -0.122. The highest BCUT2D eigenvalue weighted by Gasteiger charge is 2.29. The molecule has 1 saturated carbocycles. The monoisotopic (exact) mass is 259 g/mol. The van der Waals surface area contributed by atoms with Gasteiger partial charge < -0.3 is 11.1 Å². The molecule has 1 aliphatic carbocycles. The van der Waals surface area contributed by atoms with Crippen molar-refractivity contribution in [2.24, 2.45) is 5.92 Å². The molecule has 3 N–H and O–H groups in total. The maximum Gasteiger partial charge on any atom is 0.223 e. The molecule has 1 aliphatic rings. The molecule has 100 valence electrons. The topological polar surface area (TPSA) is 85.8 Å². The van der Waals surface area contributed by atoms with Gasteiger partial charge in [-0.2, -0.15) is 0 Å². The van der Waals surface area contributed by atoms with E-state index in [1.807, 2.05) is 17.6 Å². The van der Waals surface area contributed by atoms with Crippen molar-refractivity contribution in [2.45, 2.75) is 26.3 Å². The van der Waals surface area contributed by atoms with Crippen molar-refractivity contribution in [1.82, 2.24) is 19.9 Å². The number of nitrogens with zero attached hydrogens (tertiary/aromatic N) is 3. The minimum Gasteiger partial charge on any atom is -0.369 e. The number of carbonyl (C=O) groups is 1. The van der Waals surface area contributed by atoms with Crippen LogP contribution >= 0.6 is 0 Å². The van der Waals surface area contributed by atoms with Crippen LogP contribution in [0.1, 0.15) is 18.4 Å². The van der Waals surface area contributed by atoms with Gasteiger partial charge in [0.15, 0.2) is 5.65 Å². The van der Waals surface area contributed by atoms with Gasteiger partial charge in [-0.05, 0) is 31.4 Å². The Hall–Kier alpha value is -2.11. The SMILES string of the molecule is Cc1cnc2c(c1)nc(N)n2CCNC(=O)C1CC1. The van der Waals surface area contributed by atoms with E-state index in [4.69, 9.17) is 5.73 Å². The zero-order valence-corrected chi connectivity index (χ0v) is 10.9. The minimum atomic E-state index is 0.145. The van der Waals surface area contributed by atoms with Crippen molar-refractivity contribution >= 4 is 23.0 Å². The Labute approximate surface area is 111 Å². The van der Waals surface area contributed by atoms with Crippen LogP contribution in [0, 0.1) is 12.8 Å². The molecule has 6 nitrogen and oxygen atoms in total. The molecule has 0 radical (unpaired) electrons. The number of amides is 1. The molecule has 6 heteroatoms. The van der Waals surface area contributed by atoms with E-state index in [0.29, 0.717) is 19.0 Å². The van der Waals surface area contributed by atoms with Crippen molar-refractivity contribution in [3.05, 3.63) is 17.8 Å². The largest absolute Gasteiger partial charge is 0.369 e. The summed E-state index contributed by atoms with van der Waals surface area (Å²) in [6, 6.07) is 1.96. The number of nitrogen functional groups attached to an aromatic ring is 1. The molecular weight excluding hydrogens is 242 g/mol. The molecule has 1 amide bonds. The number of nitrogens with two attached hydrogens (primary N) is 1. The molecule has 0 spiro atoms. The molecule has 2 aromatic rings. The van der Waals surface area contributed by atoms with Gasteiger partial charge in [-0.25, -0.2) is 9.97 Å². The normalized spacial score (nSPS) is 14.8. The van der Waals surface area contributed by atoms with E-state index in [1.54, 1.807) is 6.20 Å². The molecular formula is C13H17N5O. The molecule has 2 aromatic heterocycles. The van der Waals surface area contributed by atoms with Gasteiger partial charge in [0, 0.05) is 25.2 Å². The van der Waals surface area contributed by atoms with Crippen LogP contribution < -0.4 is 11.1 Å². The molecule has 0 unspecified atom stereocenters. The second kappa shape index (κ2) is 4.53. The van der Waals surface area contributed by atoms with E-state index in [0.717, 1.165) is 29.6 Å². The first kappa shape index (κ1) is 12.0. The van der Waals surface area contributed by atoms with E-state index < -0.39 is 0 Å². The number of fused-ring (bicyclic) bond motifs is 1. The lowest BCUT2D eigenvalue weighted by Crippen LogP contribution is -2.28. The molecule has 3 rings (SSSR count). The van der Waals surface area contributed by atoms with Gasteiger partial charge in [0.05, 0.1) is 0 Å². The standard InChI is InChI=1S/C13H17N5O/c1-8-6-10-11(16-7-8)18(13(14)17-10)5-4-15-12(19)9-2-3-9/h6-7,9H,2-5H2,1H3,(H2,14,17)(H,15,19). The van der Waals surface area contributed by atoms with Crippen molar-refractivity contribution in [2.75, 3.05) is 12.3 Å². The lowest BCUT2D eigenvalue weighted by atomic mass is 10.3. The summed E-state index contributed by atoms with van der Waals surface area (Å²) in [5, 5.41) is 2.92. The number of hydrogen-bond acceptors (Lipinski definition) is 4. The summed E-state index contributed by atoms with van der Waals surface area (Å²) >= 11 is 0. The zero-order valence-electron chi connectivity index (χ0n) is 10.9. The Balaban J connectivity index is 1.72. The van der Waals surface area contributed by atoms with Crippen molar-refractivity contribution in [3.8, 4) is 0 Å². The van der Waals surface area contributed by atoms with Crippen LogP contribution in [-0.2, 0) is 11.3 Å². The number of imidazole rings is 1. The number of hydrogen-bond donors (Lipinski definition) is 2. The summed E-state index contributed by atoms with van der Waals surface area (Å²) in [6.07, 6.45) is 3.83. The van der Waals surface area contributed by atoms with Gasteiger partial charge >= 0.3 is 0 Å². The summed E-state index contributed by atoms with van der Waals surface area (Å²) in [5.74, 6) is 0.818. The van der Waals surface area contributed by atoms with Crippen LogP contribution in [0.2, 0.25) is 0 Å². The third-order valence-corrected chi connectivity index (χ3v) is 3.33. The summed E-state index contributed by atoms with van der Waals surface area (Å²) in [4.78, 5) is 20.2. The fourth-order valence-electron chi connectivity index (χ4n) is 2.13. The highest BCUT2D eigenvalue weighted by atomic mass is 16.2. The van der Waals surface area contributed by atoms with Gasteiger partial charge in [-0.1, -0.05) is 0 Å². The average Bonchev–Trinajstić information content (AvgIpc) is 3.16. The van der Waals surface area contributed by atoms with E-state index >= 15 is 0 Å². The van der Waals surface area contributed by atoms with Gasteiger partial charge in [0.25, 0.3) is 0 Å². The van der Waals surface area contributed by atoms with E-state index in [9.17, 15) is 4.79 Å². The van der Waals surface area contributed by atoms with Crippen molar-refractivity contribution < 1.29 is 4.79 Å². The molecule has 0 bridgehead atoms. The van der Waals surface area contributed by atoms with Crippen LogP contribution in [-0.4, -0.2) is 27.0 Å². The number of anilines is 1. The van der Waals surface area contributed by atoms with Crippen LogP contribution in [0.4, 0.5) is 5.95 Å². The summed E-state index contributed by atoms with van der Waals surface area (Å²) in [7, 11) is 0. The number of pyridine rings is 1. The first-order chi connectivity index (χ1) is 9.15. The maximum absolute atomic E-state index is 11.5. The van der Waals surface area contributed by atoms with Gasteiger partial charge in [0.1, 0.15) is 5.52 Å². The Kier molecular flexibility index (Phi) is 2.85. The number of aryl methyl sites for hydroxylation is 1. The second-order valence-electron chi connectivity index (χ2n) is 5.04. The average molecular weight is 259 g/mol. The van der Waals surface area contributed by atoms with Crippen LogP contribution in [0.5, 0.6) is 0 Å². The highest BCUT2D eigenvalue weighted by Crippen LogP contribution is 2.28. The van der Waals surface area contributed by atoms with Gasteiger partial charge in [-0.3, -0.25) is 9.36 Å². The highest BCUT2D eigenvalue weighted by molar-refractivity contribution is 5.80. The fraction of sp³-hybridized carbons (Fsp3) is 0.462. The van der Waals surface area contributed by atoms with Crippen LogP contribution in [0.15, 0.2) is 12.3 Å². The molecule has 1 fully saturated rings. The Bertz CT molecular complexity index is 629. The molecule has 0 atom stereocenters. The number of carbonyl (C=O) groups excluding carboxylic acids is 1. The summed E-state index contributed by atoms with van der Waals surface area (Å²) < 4.78 is 1.84. The minimum absolute atomic E-state index is 0.145. The van der Waals surface area contributed by atoms with E-state index in [2.05, 4.69) is 15.3 Å². The zero-order chi connectivity index (χ0) is 13.4. The number of aromatic nitrogens is 3. The summed E-state index contributed by atoms with van der Waals surface area (Å²) in [6.45, 7) is 3.12. The number of rotatable bonds is 4. The molecule has 0 aromatic carbocycles. The van der Waals surface area contributed by atoms with E-state index in [-0.39, 0.29) is 11.8 Å². The number of nitrogens with one attached hydrogen (secondary N) is 1. The van der Waals surface area contributed by atoms with Crippen LogP contribution in [0.25, 0.3) is 11.2 Å².